The van der Waals surface area contributed by atoms with Gasteiger partial charge in [0, 0.05) is 32.2 Å². The molecule has 1 fully saturated rings. The van der Waals surface area contributed by atoms with Crippen LogP contribution in [0.2, 0.25) is 0 Å². The van der Waals surface area contributed by atoms with Crippen LogP contribution in [0.1, 0.15) is 24.7 Å². The topological polar surface area (TPSA) is 45.9 Å². The molecule has 1 aliphatic heterocycles. The number of nitrogens with zero attached hydrogens (tertiary/aromatic N) is 2. The Morgan fingerprint density at radius 2 is 2.30 bits per heavy atom. The van der Waals surface area contributed by atoms with Crippen molar-refractivity contribution in [2.24, 2.45) is 0 Å². The van der Waals surface area contributed by atoms with E-state index >= 15 is 0 Å². The summed E-state index contributed by atoms with van der Waals surface area (Å²) in [5.74, 6) is 0.922. The van der Waals surface area contributed by atoms with Gasteiger partial charge in [-0.15, -0.1) is 0 Å². The highest BCUT2D eigenvalue weighted by atomic mass is 16.5. The van der Waals surface area contributed by atoms with Crippen LogP contribution in [0, 0.1) is 6.92 Å². The molecule has 0 N–H and O–H groups in total. The van der Waals surface area contributed by atoms with Crippen LogP contribution in [-0.2, 0) is 16.1 Å². The zero-order valence-corrected chi connectivity index (χ0v) is 12.6. The Morgan fingerprint density at radius 3 is 2.90 bits per heavy atom. The average molecular weight is 280 g/mol. The summed E-state index contributed by atoms with van der Waals surface area (Å²) in [7, 11) is 1.44. The van der Waals surface area contributed by atoms with Crippen LogP contribution in [0.3, 0.4) is 0 Å². The van der Waals surface area contributed by atoms with E-state index in [1.54, 1.807) is 6.26 Å². The highest BCUT2D eigenvalue weighted by Crippen LogP contribution is 2.17. The highest BCUT2D eigenvalue weighted by molar-refractivity contribution is 5.69. The first-order valence-electron chi connectivity index (χ1n) is 7.16. The lowest BCUT2D eigenvalue weighted by molar-refractivity contribution is -0.141. The Kier molecular flexibility index (Phi) is 5.20. The smallest absolute Gasteiger partial charge is 0.306 e. The molecule has 0 aromatic carbocycles. The van der Waals surface area contributed by atoms with Gasteiger partial charge in [-0.2, -0.15) is 0 Å². The van der Waals surface area contributed by atoms with E-state index < -0.39 is 0 Å². The van der Waals surface area contributed by atoms with E-state index in [-0.39, 0.29) is 5.97 Å². The standard InChI is InChI=1S/C15H24N2O3/c1-12-5-9-20-14(12)11-17-8-7-16(10-13(17)2)6-4-15(18)19-3/h5,9,13H,4,6-8,10-11H2,1-3H3/t13-/m0/s1. The maximum atomic E-state index is 11.2. The van der Waals surface area contributed by atoms with Gasteiger partial charge in [-0.25, -0.2) is 0 Å². The van der Waals surface area contributed by atoms with Crippen molar-refractivity contribution in [1.82, 2.24) is 9.80 Å². The molecule has 0 unspecified atom stereocenters. The molecule has 1 aromatic heterocycles. The summed E-state index contributed by atoms with van der Waals surface area (Å²) >= 11 is 0. The Bertz CT molecular complexity index is 444. The summed E-state index contributed by atoms with van der Waals surface area (Å²) in [5.41, 5.74) is 1.21. The number of rotatable bonds is 5. The number of hydrogen-bond donors (Lipinski definition) is 0. The molecule has 1 atom stereocenters. The molecule has 112 valence electrons. The molecule has 1 aliphatic rings. The second kappa shape index (κ2) is 6.90. The molecule has 2 heterocycles. The summed E-state index contributed by atoms with van der Waals surface area (Å²) in [6, 6.07) is 2.47. The molecule has 20 heavy (non-hydrogen) atoms. The van der Waals surface area contributed by atoms with Crippen molar-refractivity contribution in [1.29, 1.82) is 0 Å². The van der Waals surface area contributed by atoms with Crippen molar-refractivity contribution in [3.63, 3.8) is 0 Å². The largest absolute Gasteiger partial charge is 0.469 e. The first-order valence-corrected chi connectivity index (χ1v) is 7.16. The number of esters is 1. The lowest BCUT2D eigenvalue weighted by Crippen LogP contribution is -2.51. The minimum absolute atomic E-state index is 0.133. The fraction of sp³-hybridized carbons (Fsp3) is 0.667. The van der Waals surface area contributed by atoms with Gasteiger partial charge < -0.3 is 9.15 Å². The molecule has 1 saturated heterocycles. The molecule has 5 heteroatoms. The molecular weight excluding hydrogens is 256 g/mol. The summed E-state index contributed by atoms with van der Waals surface area (Å²) in [5, 5.41) is 0. The number of piperazine rings is 1. The molecule has 0 radical (unpaired) electrons. The van der Waals surface area contributed by atoms with E-state index in [4.69, 9.17) is 4.42 Å². The van der Waals surface area contributed by atoms with Crippen molar-refractivity contribution < 1.29 is 13.9 Å². The molecule has 0 aliphatic carbocycles. The molecule has 0 saturated carbocycles. The third-order valence-corrected chi connectivity index (χ3v) is 4.02. The van der Waals surface area contributed by atoms with Gasteiger partial charge in [0.25, 0.3) is 0 Å². The molecule has 0 amide bonds. The molecule has 0 bridgehead atoms. The summed E-state index contributed by atoms with van der Waals surface area (Å²) in [6.07, 6.45) is 2.22. The monoisotopic (exact) mass is 280 g/mol. The second-order valence-electron chi connectivity index (χ2n) is 5.47. The van der Waals surface area contributed by atoms with Crippen molar-refractivity contribution >= 4 is 5.97 Å². The predicted molar refractivity (Wildman–Crippen MR) is 76.4 cm³/mol. The van der Waals surface area contributed by atoms with Gasteiger partial charge in [0.1, 0.15) is 5.76 Å². The Balaban J connectivity index is 1.80. The van der Waals surface area contributed by atoms with Gasteiger partial charge in [-0.3, -0.25) is 14.6 Å². The normalized spacial score (nSPS) is 21.1. The zero-order chi connectivity index (χ0) is 14.5. The fourth-order valence-corrected chi connectivity index (χ4v) is 2.61. The fourth-order valence-electron chi connectivity index (χ4n) is 2.61. The Hall–Kier alpha value is -1.33. The SMILES string of the molecule is COC(=O)CCN1CCN(Cc2occc2C)[C@@H](C)C1. The van der Waals surface area contributed by atoms with Crippen LogP contribution in [0.15, 0.2) is 16.7 Å². The van der Waals surface area contributed by atoms with Gasteiger partial charge >= 0.3 is 5.97 Å². The van der Waals surface area contributed by atoms with Gasteiger partial charge in [-0.1, -0.05) is 0 Å². The second-order valence-corrected chi connectivity index (χ2v) is 5.47. The van der Waals surface area contributed by atoms with Crippen LogP contribution in [0.5, 0.6) is 0 Å². The van der Waals surface area contributed by atoms with Crippen LogP contribution in [0.25, 0.3) is 0 Å². The Morgan fingerprint density at radius 1 is 1.50 bits per heavy atom. The van der Waals surface area contributed by atoms with Gasteiger partial charge in [0.15, 0.2) is 0 Å². The van der Waals surface area contributed by atoms with E-state index in [0.717, 1.165) is 38.5 Å². The molecular formula is C15H24N2O3. The number of hydrogen-bond acceptors (Lipinski definition) is 5. The van der Waals surface area contributed by atoms with E-state index in [0.29, 0.717) is 12.5 Å². The van der Waals surface area contributed by atoms with Gasteiger partial charge in [0.2, 0.25) is 0 Å². The minimum atomic E-state index is -0.133. The maximum absolute atomic E-state index is 11.2. The van der Waals surface area contributed by atoms with Crippen LogP contribution in [-0.4, -0.2) is 55.1 Å². The lowest BCUT2D eigenvalue weighted by atomic mass is 10.1. The molecule has 0 spiro atoms. The summed E-state index contributed by atoms with van der Waals surface area (Å²) in [4.78, 5) is 15.9. The van der Waals surface area contributed by atoms with E-state index in [2.05, 4.69) is 28.4 Å². The number of furan rings is 1. The first kappa shape index (κ1) is 15.1. The van der Waals surface area contributed by atoms with E-state index in [9.17, 15) is 4.79 Å². The number of aryl methyl sites for hydroxylation is 1. The van der Waals surface area contributed by atoms with E-state index in [1.807, 2.05) is 6.07 Å². The van der Waals surface area contributed by atoms with E-state index in [1.165, 1.54) is 12.7 Å². The van der Waals surface area contributed by atoms with Crippen molar-refractivity contribution in [2.75, 3.05) is 33.3 Å². The summed E-state index contributed by atoms with van der Waals surface area (Å²) in [6.45, 7) is 8.93. The molecule has 2 rings (SSSR count). The van der Waals surface area contributed by atoms with Crippen LogP contribution >= 0.6 is 0 Å². The number of carbonyl (C=O) groups excluding carboxylic acids is 1. The molecule has 5 nitrogen and oxygen atoms in total. The molecule has 1 aromatic rings. The quantitative estimate of drug-likeness (QED) is 0.768. The average Bonchev–Trinajstić information content (AvgIpc) is 2.84. The van der Waals surface area contributed by atoms with Crippen molar-refractivity contribution in [3.8, 4) is 0 Å². The van der Waals surface area contributed by atoms with Crippen LogP contribution in [0.4, 0.5) is 0 Å². The van der Waals surface area contributed by atoms with Gasteiger partial charge in [-0.05, 0) is 25.5 Å². The summed E-state index contributed by atoms with van der Waals surface area (Å²) < 4.78 is 10.2. The highest BCUT2D eigenvalue weighted by Gasteiger charge is 2.24. The number of ether oxygens (including phenoxy) is 1. The zero-order valence-electron chi connectivity index (χ0n) is 12.6. The third kappa shape index (κ3) is 3.84. The predicted octanol–water partition coefficient (Wildman–Crippen LogP) is 1.66. The third-order valence-electron chi connectivity index (χ3n) is 4.02. The van der Waals surface area contributed by atoms with Crippen molar-refractivity contribution in [2.45, 2.75) is 32.9 Å². The lowest BCUT2D eigenvalue weighted by Gasteiger charge is -2.39. The van der Waals surface area contributed by atoms with Crippen molar-refractivity contribution in [3.05, 3.63) is 23.7 Å². The minimum Gasteiger partial charge on any atom is -0.469 e. The number of carbonyl (C=O) groups is 1. The maximum Gasteiger partial charge on any atom is 0.306 e. The van der Waals surface area contributed by atoms with Gasteiger partial charge in [0.05, 0.1) is 26.3 Å². The van der Waals surface area contributed by atoms with Crippen LogP contribution < -0.4 is 0 Å². The first-order chi connectivity index (χ1) is 9.60. The Labute approximate surface area is 120 Å². The number of methoxy groups -OCH3 is 1.